The molecule has 0 radical (unpaired) electrons. The van der Waals surface area contributed by atoms with Crippen molar-refractivity contribution in [2.75, 3.05) is 17.2 Å². The summed E-state index contributed by atoms with van der Waals surface area (Å²) in [6, 6.07) is 16.4. The van der Waals surface area contributed by atoms with Crippen molar-refractivity contribution < 1.29 is 18.7 Å². The second kappa shape index (κ2) is 8.42. The first-order valence-electron chi connectivity index (χ1n) is 8.39. The Kier molecular flexibility index (Phi) is 5.78. The van der Waals surface area contributed by atoms with E-state index in [0.717, 1.165) is 23.8 Å². The maximum Gasteiger partial charge on any atom is 0.323 e. The third kappa shape index (κ3) is 4.68. The highest BCUT2D eigenvalue weighted by Gasteiger charge is 2.10. The number of hydrogen-bond acceptors (Lipinski definition) is 2. The van der Waals surface area contributed by atoms with Crippen molar-refractivity contribution in [3.63, 3.8) is 0 Å². The van der Waals surface area contributed by atoms with Gasteiger partial charge in [-0.05, 0) is 53.9 Å². The molecule has 0 aliphatic heterocycles. The van der Waals surface area contributed by atoms with Crippen molar-refractivity contribution in [1.82, 2.24) is 0 Å². The fraction of sp³-hybridized carbons (Fsp3) is 0.0952. The summed E-state index contributed by atoms with van der Waals surface area (Å²) in [6.07, 6.45) is 0.421. The Morgan fingerprint density at radius 3 is 2.56 bits per heavy atom. The lowest BCUT2D eigenvalue weighted by Crippen LogP contribution is -2.20. The van der Waals surface area contributed by atoms with Crippen molar-refractivity contribution in [3.05, 3.63) is 83.9 Å². The van der Waals surface area contributed by atoms with Crippen LogP contribution < -0.4 is 10.6 Å². The summed E-state index contributed by atoms with van der Waals surface area (Å²) in [5, 5.41) is 14.5. The summed E-state index contributed by atoms with van der Waals surface area (Å²) in [5.74, 6) is -1.08. The molecule has 0 heterocycles. The molecule has 4 nitrogen and oxygen atoms in total. The fourth-order valence-electron chi connectivity index (χ4n) is 2.75. The van der Waals surface area contributed by atoms with Crippen molar-refractivity contribution in [1.29, 1.82) is 0 Å². The van der Waals surface area contributed by atoms with Gasteiger partial charge in [0.25, 0.3) is 0 Å². The highest BCUT2D eigenvalue weighted by molar-refractivity contribution is 6.00. The van der Waals surface area contributed by atoms with Gasteiger partial charge >= 0.3 is 6.03 Å². The van der Waals surface area contributed by atoms with Gasteiger partial charge in [0.05, 0.1) is 0 Å². The van der Waals surface area contributed by atoms with Gasteiger partial charge in [-0.3, -0.25) is 0 Å². The van der Waals surface area contributed by atoms with Gasteiger partial charge in [0.2, 0.25) is 0 Å². The lowest BCUT2D eigenvalue weighted by molar-refractivity contribution is 0.262. The Morgan fingerprint density at radius 1 is 0.926 bits per heavy atom. The number of hydrogen-bond donors (Lipinski definition) is 3. The zero-order valence-corrected chi connectivity index (χ0v) is 14.4. The number of carbonyl (C=O) groups is 1. The number of carbonyl (C=O) groups excluding carboxylic acids is 1. The molecule has 0 spiro atoms. The van der Waals surface area contributed by atoms with Crippen molar-refractivity contribution in [2.24, 2.45) is 0 Å². The molecule has 138 valence electrons. The molecular formula is C21H18F2N2O2. The minimum absolute atomic E-state index is 0.0262. The summed E-state index contributed by atoms with van der Waals surface area (Å²) in [6.45, 7) is -0.0262. The first-order valence-corrected chi connectivity index (χ1v) is 8.39. The van der Waals surface area contributed by atoms with Crippen LogP contribution in [-0.2, 0) is 6.42 Å². The zero-order valence-electron chi connectivity index (χ0n) is 14.4. The number of rotatable bonds is 5. The normalized spacial score (nSPS) is 10.5. The molecule has 6 heteroatoms. The van der Waals surface area contributed by atoms with Crippen LogP contribution >= 0.6 is 0 Å². The average molecular weight is 368 g/mol. The minimum Gasteiger partial charge on any atom is -0.396 e. The van der Waals surface area contributed by atoms with Crippen molar-refractivity contribution >= 4 is 17.4 Å². The van der Waals surface area contributed by atoms with Crippen LogP contribution in [0.4, 0.5) is 25.0 Å². The first kappa shape index (κ1) is 18.5. The predicted molar refractivity (Wildman–Crippen MR) is 102 cm³/mol. The SMILES string of the molecule is O=C(Nc1cccc(-c2cc(F)ccc2F)c1)Nc1ccccc1CCO. The van der Waals surface area contributed by atoms with E-state index in [-0.39, 0.29) is 12.2 Å². The Bertz CT molecular complexity index is 960. The van der Waals surface area contributed by atoms with Crippen LogP contribution in [0.2, 0.25) is 0 Å². The zero-order chi connectivity index (χ0) is 19.2. The Hall–Kier alpha value is -3.25. The van der Waals surface area contributed by atoms with Gasteiger partial charge in [-0.15, -0.1) is 0 Å². The van der Waals surface area contributed by atoms with Crippen LogP contribution in [0, 0.1) is 11.6 Å². The van der Waals surface area contributed by atoms with Gasteiger partial charge in [0.1, 0.15) is 11.6 Å². The summed E-state index contributed by atoms with van der Waals surface area (Å²) in [7, 11) is 0. The lowest BCUT2D eigenvalue weighted by atomic mass is 10.0. The Labute approximate surface area is 155 Å². The number of para-hydroxylation sites is 1. The summed E-state index contributed by atoms with van der Waals surface area (Å²) >= 11 is 0. The van der Waals surface area contributed by atoms with E-state index >= 15 is 0 Å². The minimum atomic E-state index is -0.545. The quantitative estimate of drug-likeness (QED) is 0.605. The van der Waals surface area contributed by atoms with Gasteiger partial charge in [0.15, 0.2) is 0 Å². The fourth-order valence-corrected chi connectivity index (χ4v) is 2.75. The van der Waals surface area contributed by atoms with Crippen LogP contribution in [0.25, 0.3) is 11.1 Å². The predicted octanol–water partition coefficient (Wildman–Crippen LogP) is 4.81. The molecule has 0 saturated carbocycles. The smallest absolute Gasteiger partial charge is 0.323 e. The molecule has 3 aromatic rings. The molecule has 27 heavy (non-hydrogen) atoms. The molecule has 0 bridgehead atoms. The lowest BCUT2D eigenvalue weighted by Gasteiger charge is -2.12. The van der Waals surface area contributed by atoms with Gasteiger partial charge in [-0.1, -0.05) is 30.3 Å². The Morgan fingerprint density at radius 2 is 1.74 bits per heavy atom. The highest BCUT2D eigenvalue weighted by atomic mass is 19.1. The van der Waals surface area contributed by atoms with E-state index in [1.54, 1.807) is 36.4 Å². The van der Waals surface area contributed by atoms with Crippen LogP contribution in [0.15, 0.2) is 66.7 Å². The van der Waals surface area contributed by atoms with E-state index in [9.17, 15) is 13.6 Å². The standard InChI is InChI=1S/C21H18F2N2O2/c22-16-8-9-19(23)18(13-16)15-5-3-6-17(12-15)24-21(27)25-20-7-2-1-4-14(20)10-11-26/h1-9,12-13,26H,10-11H2,(H2,24,25,27). The third-order valence-corrected chi connectivity index (χ3v) is 4.01. The molecule has 0 saturated heterocycles. The van der Waals surface area contributed by atoms with Crippen molar-refractivity contribution in [3.8, 4) is 11.1 Å². The molecule has 0 fully saturated rings. The average Bonchev–Trinajstić information content (AvgIpc) is 2.65. The van der Waals surface area contributed by atoms with E-state index in [4.69, 9.17) is 5.11 Å². The largest absolute Gasteiger partial charge is 0.396 e. The number of aliphatic hydroxyl groups is 1. The number of halogens is 2. The van der Waals surface area contributed by atoms with E-state index < -0.39 is 17.7 Å². The molecule has 0 unspecified atom stereocenters. The van der Waals surface area contributed by atoms with Gasteiger partial charge in [-0.2, -0.15) is 0 Å². The number of benzene rings is 3. The highest BCUT2D eigenvalue weighted by Crippen LogP contribution is 2.26. The van der Waals surface area contributed by atoms with Crippen LogP contribution in [0.1, 0.15) is 5.56 Å². The van der Waals surface area contributed by atoms with Gasteiger partial charge < -0.3 is 15.7 Å². The molecule has 0 aliphatic carbocycles. The summed E-state index contributed by atoms with van der Waals surface area (Å²) in [4.78, 5) is 12.3. The molecule has 0 aromatic heterocycles. The van der Waals surface area contributed by atoms with E-state index in [1.807, 2.05) is 12.1 Å². The monoisotopic (exact) mass is 368 g/mol. The Balaban J connectivity index is 1.77. The second-order valence-electron chi connectivity index (χ2n) is 5.91. The molecular weight excluding hydrogens is 350 g/mol. The molecule has 3 N–H and O–H groups in total. The second-order valence-corrected chi connectivity index (χ2v) is 5.91. The number of aliphatic hydroxyl groups excluding tert-OH is 1. The van der Waals surface area contributed by atoms with E-state index in [1.165, 1.54) is 0 Å². The van der Waals surface area contributed by atoms with Gasteiger partial charge in [-0.25, -0.2) is 13.6 Å². The topological polar surface area (TPSA) is 61.4 Å². The first-order chi connectivity index (χ1) is 13.1. The third-order valence-electron chi connectivity index (χ3n) is 4.01. The van der Waals surface area contributed by atoms with Crippen LogP contribution in [0.5, 0.6) is 0 Å². The maximum atomic E-state index is 14.0. The molecule has 0 atom stereocenters. The molecule has 3 rings (SSSR count). The van der Waals surface area contributed by atoms with E-state index in [2.05, 4.69) is 10.6 Å². The molecule has 3 aromatic carbocycles. The molecule has 0 aliphatic rings. The van der Waals surface area contributed by atoms with E-state index in [0.29, 0.717) is 23.4 Å². The number of amides is 2. The molecule has 2 amide bonds. The van der Waals surface area contributed by atoms with Crippen molar-refractivity contribution in [2.45, 2.75) is 6.42 Å². The summed E-state index contributed by atoms with van der Waals surface area (Å²) in [5.41, 5.74) is 2.41. The van der Waals surface area contributed by atoms with Crippen LogP contribution in [0.3, 0.4) is 0 Å². The van der Waals surface area contributed by atoms with Gasteiger partial charge in [0, 0.05) is 23.5 Å². The number of anilines is 2. The van der Waals surface area contributed by atoms with Crippen LogP contribution in [-0.4, -0.2) is 17.7 Å². The number of urea groups is 1. The number of nitrogens with one attached hydrogen (secondary N) is 2. The summed E-state index contributed by atoms with van der Waals surface area (Å²) < 4.78 is 27.4. The maximum absolute atomic E-state index is 14.0.